The summed E-state index contributed by atoms with van der Waals surface area (Å²) in [7, 11) is 1.70. The van der Waals surface area contributed by atoms with Crippen LogP contribution in [0.4, 0.5) is 20.4 Å². The zero-order valence-electron chi connectivity index (χ0n) is 12.1. The molecule has 0 aromatic carbocycles. The number of rotatable bonds is 4. The molecule has 0 aliphatic heterocycles. The Balaban J connectivity index is 2.16. The van der Waals surface area contributed by atoms with Gasteiger partial charge in [0.2, 0.25) is 0 Å². The van der Waals surface area contributed by atoms with E-state index in [0.717, 1.165) is 0 Å². The minimum Gasteiger partial charge on any atom is -0.320 e. The van der Waals surface area contributed by atoms with Gasteiger partial charge in [-0.05, 0) is 12.3 Å². The number of pyridine rings is 1. The van der Waals surface area contributed by atoms with Crippen molar-refractivity contribution >= 4 is 45.9 Å². The molecule has 120 valence electrons. The van der Waals surface area contributed by atoms with Gasteiger partial charge in [0.1, 0.15) is 16.2 Å². The maximum absolute atomic E-state index is 13.1. The highest BCUT2D eigenvalue weighted by molar-refractivity contribution is 7.98. The Morgan fingerprint density at radius 1 is 1.30 bits per heavy atom. The van der Waals surface area contributed by atoms with E-state index in [9.17, 15) is 8.78 Å². The maximum atomic E-state index is 13.1. The van der Waals surface area contributed by atoms with Gasteiger partial charge in [-0.3, -0.25) is 4.68 Å². The molecule has 6 nitrogen and oxygen atoms in total. The summed E-state index contributed by atoms with van der Waals surface area (Å²) in [5, 5.41) is 8.33. The second-order valence-electron chi connectivity index (χ2n) is 4.62. The Hall–Kier alpha value is -2.00. The summed E-state index contributed by atoms with van der Waals surface area (Å²) in [5.41, 5.74) is 0.0584. The molecule has 0 radical (unpaired) electrons. The van der Waals surface area contributed by atoms with Gasteiger partial charge in [0, 0.05) is 24.8 Å². The Labute approximate surface area is 139 Å². The molecule has 0 amide bonds. The third kappa shape index (κ3) is 3.20. The van der Waals surface area contributed by atoms with Crippen LogP contribution in [-0.4, -0.2) is 31.0 Å². The number of hydrogen-bond acceptors (Lipinski definition) is 6. The minimum absolute atomic E-state index is 0.163. The fourth-order valence-corrected chi connectivity index (χ4v) is 2.56. The molecule has 3 aromatic rings. The molecule has 23 heavy (non-hydrogen) atoms. The van der Waals surface area contributed by atoms with Crippen LogP contribution in [0.25, 0.3) is 10.9 Å². The Morgan fingerprint density at radius 3 is 2.70 bits per heavy atom. The van der Waals surface area contributed by atoms with E-state index in [2.05, 4.69) is 25.4 Å². The standard InChI is InChI=1S/C13H11ClF2N6S/c1-22-5-7(14)11(21-22)20-12-9-6(3-8(18-12)10(15)16)4-17-13(19-9)23-2/h3-5,10H,1-2H3,(H,18,20,21). The van der Waals surface area contributed by atoms with Crippen LogP contribution in [0, 0.1) is 0 Å². The molecule has 0 bridgehead atoms. The van der Waals surface area contributed by atoms with Crippen LogP contribution >= 0.6 is 23.4 Å². The molecular formula is C13H11ClF2N6S. The van der Waals surface area contributed by atoms with Crippen molar-refractivity contribution in [1.29, 1.82) is 0 Å². The van der Waals surface area contributed by atoms with E-state index in [1.54, 1.807) is 13.2 Å². The molecule has 1 N–H and O–H groups in total. The lowest BCUT2D eigenvalue weighted by molar-refractivity contribution is 0.146. The summed E-state index contributed by atoms with van der Waals surface area (Å²) in [6.07, 6.45) is 2.20. The van der Waals surface area contributed by atoms with Crippen molar-refractivity contribution in [2.45, 2.75) is 11.6 Å². The van der Waals surface area contributed by atoms with Gasteiger partial charge < -0.3 is 5.32 Å². The Morgan fingerprint density at radius 2 is 2.09 bits per heavy atom. The smallest absolute Gasteiger partial charge is 0.280 e. The first-order valence-electron chi connectivity index (χ1n) is 6.44. The van der Waals surface area contributed by atoms with Gasteiger partial charge in [0.05, 0.1) is 0 Å². The summed E-state index contributed by atoms with van der Waals surface area (Å²) in [4.78, 5) is 12.4. The summed E-state index contributed by atoms with van der Waals surface area (Å²) in [6, 6.07) is 1.27. The SMILES string of the molecule is CSc1ncc2cc(C(F)F)nc(Nc3nn(C)cc3Cl)c2n1. The van der Waals surface area contributed by atoms with Crippen LogP contribution in [0.15, 0.2) is 23.6 Å². The first-order chi connectivity index (χ1) is 11.0. The monoisotopic (exact) mass is 356 g/mol. The van der Waals surface area contributed by atoms with Crippen LogP contribution in [-0.2, 0) is 7.05 Å². The molecule has 0 aliphatic carbocycles. The largest absolute Gasteiger partial charge is 0.320 e. The van der Waals surface area contributed by atoms with Crippen LogP contribution in [0.1, 0.15) is 12.1 Å². The molecule has 0 saturated heterocycles. The van der Waals surface area contributed by atoms with Crippen molar-refractivity contribution in [1.82, 2.24) is 24.7 Å². The van der Waals surface area contributed by atoms with E-state index in [-0.39, 0.29) is 11.5 Å². The van der Waals surface area contributed by atoms with E-state index in [1.165, 1.54) is 28.7 Å². The number of thioether (sulfide) groups is 1. The van der Waals surface area contributed by atoms with Gasteiger partial charge in [-0.15, -0.1) is 0 Å². The predicted molar refractivity (Wildman–Crippen MR) is 85.6 cm³/mol. The van der Waals surface area contributed by atoms with E-state index >= 15 is 0 Å². The summed E-state index contributed by atoms with van der Waals surface area (Å²) in [5.74, 6) is 0.481. The number of aromatic nitrogens is 5. The molecular weight excluding hydrogens is 346 g/mol. The van der Waals surface area contributed by atoms with Crippen molar-refractivity contribution in [2.24, 2.45) is 7.05 Å². The van der Waals surface area contributed by atoms with Crippen LogP contribution in [0.5, 0.6) is 0 Å². The number of fused-ring (bicyclic) bond motifs is 1. The topological polar surface area (TPSA) is 68.5 Å². The lowest BCUT2D eigenvalue weighted by atomic mass is 10.2. The summed E-state index contributed by atoms with van der Waals surface area (Å²) >= 11 is 7.39. The average molecular weight is 357 g/mol. The van der Waals surface area contributed by atoms with Crippen LogP contribution in [0.3, 0.4) is 0 Å². The number of anilines is 2. The molecule has 0 atom stereocenters. The number of halogens is 3. The molecule has 0 unspecified atom stereocenters. The van der Waals surface area contributed by atoms with Crippen molar-refractivity contribution < 1.29 is 8.78 Å². The third-order valence-corrected chi connectivity index (χ3v) is 3.83. The number of aryl methyl sites for hydroxylation is 1. The van der Waals surface area contributed by atoms with Crippen molar-refractivity contribution in [2.75, 3.05) is 11.6 Å². The van der Waals surface area contributed by atoms with Gasteiger partial charge in [0.15, 0.2) is 16.8 Å². The molecule has 0 saturated carbocycles. The van der Waals surface area contributed by atoms with E-state index in [4.69, 9.17) is 11.6 Å². The molecule has 3 rings (SSSR count). The van der Waals surface area contributed by atoms with Gasteiger partial charge in [-0.2, -0.15) is 5.10 Å². The molecule has 3 heterocycles. The van der Waals surface area contributed by atoms with Crippen molar-refractivity contribution in [3.63, 3.8) is 0 Å². The summed E-state index contributed by atoms with van der Waals surface area (Å²) in [6.45, 7) is 0. The van der Waals surface area contributed by atoms with E-state index in [1.807, 2.05) is 6.26 Å². The highest BCUT2D eigenvalue weighted by Gasteiger charge is 2.17. The second-order valence-corrected chi connectivity index (χ2v) is 5.80. The van der Waals surface area contributed by atoms with Gasteiger partial charge in [0.25, 0.3) is 6.43 Å². The zero-order chi connectivity index (χ0) is 16.6. The van der Waals surface area contributed by atoms with Crippen LogP contribution < -0.4 is 5.32 Å². The first kappa shape index (κ1) is 15.9. The van der Waals surface area contributed by atoms with E-state index < -0.39 is 6.43 Å². The van der Waals surface area contributed by atoms with Crippen molar-refractivity contribution in [3.05, 3.63) is 29.2 Å². The number of nitrogens with zero attached hydrogens (tertiary/aromatic N) is 5. The molecule has 0 spiro atoms. The molecule has 10 heteroatoms. The molecule has 0 fully saturated rings. The Bertz CT molecular complexity index is 869. The highest BCUT2D eigenvalue weighted by Crippen LogP contribution is 2.30. The fraction of sp³-hybridized carbons (Fsp3) is 0.231. The third-order valence-electron chi connectivity index (χ3n) is 2.99. The first-order valence-corrected chi connectivity index (χ1v) is 8.04. The lowest BCUT2D eigenvalue weighted by Crippen LogP contribution is -2.02. The predicted octanol–water partition coefficient (Wildman–Crippen LogP) is 3.81. The normalized spacial score (nSPS) is 11.4. The fourth-order valence-electron chi connectivity index (χ4n) is 2.00. The van der Waals surface area contributed by atoms with E-state index in [0.29, 0.717) is 26.9 Å². The quantitative estimate of drug-likeness (QED) is 0.566. The molecule has 3 aromatic heterocycles. The Kier molecular flexibility index (Phi) is 4.31. The highest BCUT2D eigenvalue weighted by atomic mass is 35.5. The average Bonchev–Trinajstić information content (AvgIpc) is 2.84. The zero-order valence-corrected chi connectivity index (χ0v) is 13.7. The molecule has 0 aliphatic rings. The minimum atomic E-state index is -2.71. The van der Waals surface area contributed by atoms with Gasteiger partial charge >= 0.3 is 0 Å². The van der Waals surface area contributed by atoms with Crippen LogP contribution in [0.2, 0.25) is 5.02 Å². The van der Waals surface area contributed by atoms with Gasteiger partial charge in [-0.1, -0.05) is 23.4 Å². The lowest BCUT2D eigenvalue weighted by Gasteiger charge is -2.10. The summed E-state index contributed by atoms with van der Waals surface area (Å²) < 4.78 is 27.6. The number of nitrogens with one attached hydrogen (secondary N) is 1. The number of hydrogen-bond donors (Lipinski definition) is 1. The van der Waals surface area contributed by atoms with Crippen molar-refractivity contribution in [3.8, 4) is 0 Å². The second kappa shape index (κ2) is 6.25. The van der Waals surface area contributed by atoms with Gasteiger partial charge in [-0.25, -0.2) is 23.7 Å². The maximum Gasteiger partial charge on any atom is 0.280 e. The number of alkyl halides is 2.